The Morgan fingerprint density at radius 1 is 1.15 bits per heavy atom. The average molecular weight is 381 g/mol. The molecule has 2 amide bonds. The molecule has 0 bridgehead atoms. The lowest BCUT2D eigenvalue weighted by Crippen LogP contribution is -2.34. The van der Waals surface area contributed by atoms with Crippen LogP contribution in [0, 0.1) is 0 Å². The number of pyridine rings is 1. The molecule has 0 atom stereocenters. The van der Waals surface area contributed by atoms with Crippen LogP contribution in [0.1, 0.15) is 6.92 Å². The van der Waals surface area contributed by atoms with Gasteiger partial charge in [0.1, 0.15) is 22.2 Å². The second kappa shape index (κ2) is 8.39. The molecule has 26 heavy (non-hydrogen) atoms. The van der Waals surface area contributed by atoms with Crippen LogP contribution in [0.5, 0.6) is 17.4 Å². The Labute approximate surface area is 151 Å². The van der Waals surface area contributed by atoms with Gasteiger partial charge in [0, 0.05) is 12.1 Å². The van der Waals surface area contributed by atoms with E-state index >= 15 is 0 Å². The minimum atomic E-state index is -4.14. The van der Waals surface area contributed by atoms with Crippen LogP contribution in [0.3, 0.4) is 0 Å². The number of nitrogens with zero attached hydrogens (tertiary/aromatic N) is 1. The van der Waals surface area contributed by atoms with E-state index in [4.69, 9.17) is 14.2 Å². The Hall–Kier alpha value is -3.01. The summed E-state index contributed by atoms with van der Waals surface area (Å²) in [5.74, 6) is 0.796. The number of anilines is 1. The van der Waals surface area contributed by atoms with Crippen molar-refractivity contribution in [2.45, 2.75) is 11.8 Å². The lowest BCUT2D eigenvalue weighted by molar-refractivity contribution is 0.256. The first-order valence-corrected chi connectivity index (χ1v) is 9.03. The maximum absolute atomic E-state index is 12.5. The summed E-state index contributed by atoms with van der Waals surface area (Å²) in [6.07, 6.45) is 0. The van der Waals surface area contributed by atoms with Crippen molar-refractivity contribution in [2.24, 2.45) is 0 Å². The number of urea groups is 1. The van der Waals surface area contributed by atoms with Gasteiger partial charge in [0.2, 0.25) is 5.88 Å². The number of para-hydroxylation sites is 1. The highest BCUT2D eigenvalue weighted by Gasteiger charge is 2.22. The number of carbonyl (C=O) groups excluding carboxylic acids is 1. The van der Waals surface area contributed by atoms with Gasteiger partial charge in [-0.05, 0) is 19.1 Å². The van der Waals surface area contributed by atoms with Gasteiger partial charge in [-0.15, -0.1) is 0 Å². The molecule has 2 aromatic rings. The Kier molecular flexibility index (Phi) is 6.23. The third-order valence-corrected chi connectivity index (χ3v) is 4.50. The summed E-state index contributed by atoms with van der Waals surface area (Å²) in [5.41, 5.74) is 0. The van der Waals surface area contributed by atoms with Crippen molar-refractivity contribution in [3.63, 3.8) is 0 Å². The van der Waals surface area contributed by atoms with Gasteiger partial charge >= 0.3 is 6.03 Å². The number of rotatable bonds is 7. The molecule has 0 spiro atoms. The lowest BCUT2D eigenvalue weighted by atomic mass is 10.3. The predicted molar refractivity (Wildman–Crippen MR) is 94.3 cm³/mol. The maximum Gasteiger partial charge on any atom is 0.334 e. The summed E-state index contributed by atoms with van der Waals surface area (Å²) in [4.78, 5) is 16.0. The highest BCUT2D eigenvalue weighted by molar-refractivity contribution is 7.90. The Bertz CT molecular complexity index is 863. The minimum absolute atomic E-state index is 0.0620. The molecule has 0 fully saturated rings. The summed E-state index contributed by atoms with van der Waals surface area (Å²) >= 11 is 0. The zero-order chi connectivity index (χ0) is 19.2. The van der Waals surface area contributed by atoms with E-state index in [9.17, 15) is 13.2 Å². The molecular formula is C16H19N3O6S. The van der Waals surface area contributed by atoms with E-state index in [1.807, 2.05) is 4.72 Å². The smallest absolute Gasteiger partial charge is 0.334 e. The van der Waals surface area contributed by atoms with Gasteiger partial charge in [-0.25, -0.2) is 17.9 Å². The number of hydrogen-bond donors (Lipinski definition) is 2. The van der Waals surface area contributed by atoms with E-state index < -0.39 is 16.1 Å². The SMILES string of the molecule is CCOc1ccccc1S(=O)(=O)NC(=O)Nc1cc(OC)cc(OC)n1. The van der Waals surface area contributed by atoms with Crippen LogP contribution in [-0.4, -0.2) is 40.3 Å². The van der Waals surface area contributed by atoms with Crippen molar-refractivity contribution in [2.75, 3.05) is 26.1 Å². The van der Waals surface area contributed by atoms with E-state index in [0.29, 0.717) is 5.75 Å². The van der Waals surface area contributed by atoms with Crippen LogP contribution < -0.4 is 24.2 Å². The van der Waals surface area contributed by atoms with Gasteiger partial charge in [0.15, 0.2) is 0 Å². The normalized spacial score (nSPS) is 10.7. The molecule has 140 valence electrons. The molecule has 10 heteroatoms. The van der Waals surface area contributed by atoms with Gasteiger partial charge in [0.25, 0.3) is 10.0 Å². The van der Waals surface area contributed by atoms with Gasteiger partial charge in [-0.2, -0.15) is 4.98 Å². The number of sulfonamides is 1. The maximum atomic E-state index is 12.5. The molecule has 1 heterocycles. The molecule has 0 aliphatic heterocycles. The number of ether oxygens (including phenoxy) is 3. The standard InChI is InChI=1S/C16H19N3O6S/c1-4-25-12-7-5-6-8-13(12)26(21,22)19-16(20)18-14-9-11(23-2)10-15(17-14)24-3/h5-10H,4H2,1-3H3,(H2,17,18,19,20). The molecule has 1 aromatic carbocycles. The van der Waals surface area contributed by atoms with Crippen molar-refractivity contribution in [1.29, 1.82) is 0 Å². The molecule has 0 saturated carbocycles. The Balaban J connectivity index is 2.19. The largest absolute Gasteiger partial charge is 0.496 e. The monoisotopic (exact) mass is 381 g/mol. The van der Waals surface area contributed by atoms with Crippen molar-refractivity contribution in [3.8, 4) is 17.4 Å². The lowest BCUT2D eigenvalue weighted by Gasteiger charge is -2.12. The summed E-state index contributed by atoms with van der Waals surface area (Å²) in [7, 11) is -1.30. The molecular weight excluding hydrogens is 362 g/mol. The zero-order valence-electron chi connectivity index (χ0n) is 14.5. The van der Waals surface area contributed by atoms with Crippen molar-refractivity contribution < 1.29 is 27.4 Å². The fourth-order valence-electron chi connectivity index (χ4n) is 2.03. The third-order valence-electron chi connectivity index (χ3n) is 3.13. The third kappa shape index (κ3) is 4.76. The average Bonchev–Trinajstić information content (AvgIpc) is 2.61. The summed E-state index contributed by atoms with van der Waals surface area (Å²) in [5, 5.41) is 2.33. The second-order valence-electron chi connectivity index (χ2n) is 4.87. The van der Waals surface area contributed by atoms with Crippen LogP contribution in [0.4, 0.5) is 10.6 Å². The van der Waals surface area contributed by atoms with Crippen LogP contribution in [0.2, 0.25) is 0 Å². The van der Waals surface area contributed by atoms with Gasteiger partial charge in [-0.1, -0.05) is 12.1 Å². The molecule has 2 rings (SSSR count). The fourth-order valence-corrected chi connectivity index (χ4v) is 3.09. The van der Waals surface area contributed by atoms with Crippen molar-refractivity contribution in [1.82, 2.24) is 9.71 Å². The molecule has 0 radical (unpaired) electrons. The summed E-state index contributed by atoms with van der Waals surface area (Å²) in [6.45, 7) is 2.01. The first kappa shape index (κ1) is 19.3. The van der Waals surface area contributed by atoms with E-state index in [2.05, 4.69) is 10.3 Å². The van der Waals surface area contributed by atoms with Crippen LogP contribution >= 0.6 is 0 Å². The minimum Gasteiger partial charge on any atom is -0.496 e. The first-order chi connectivity index (χ1) is 12.4. The van der Waals surface area contributed by atoms with E-state index in [-0.39, 0.29) is 28.9 Å². The van der Waals surface area contributed by atoms with E-state index in [0.717, 1.165) is 0 Å². The Morgan fingerprint density at radius 2 is 1.88 bits per heavy atom. The molecule has 0 aliphatic rings. The molecule has 0 saturated heterocycles. The number of hydrogen-bond acceptors (Lipinski definition) is 7. The highest BCUT2D eigenvalue weighted by atomic mass is 32.2. The molecule has 9 nitrogen and oxygen atoms in total. The highest BCUT2D eigenvalue weighted by Crippen LogP contribution is 2.24. The van der Waals surface area contributed by atoms with Gasteiger partial charge in [-0.3, -0.25) is 5.32 Å². The van der Waals surface area contributed by atoms with Crippen LogP contribution in [0.15, 0.2) is 41.3 Å². The number of methoxy groups -OCH3 is 2. The predicted octanol–water partition coefficient (Wildman–Crippen LogP) is 2.01. The summed E-state index contributed by atoms with van der Waals surface area (Å²) < 4.78 is 42.2. The zero-order valence-corrected chi connectivity index (χ0v) is 15.3. The number of carbonyl (C=O) groups is 1. The molecule has 1 aromatic heterocycles. The number of benzene rings is 1. The van der Waals surface area contributed by atoms with E-state index in [1.54, 1.807) is 13.0 Å². The number of aromatic nitrogens is 1. The van der Waals surface area contributed by atoms with Gasteiger partial charge < -0.3 is 14.2 Å². The van der Waals surface area contributed by atoms with Crippen molar-refractivity contribution >= 4 is 21.9 Å². The van der Waals surface area contributed by atoms with Crippen LogP contribution in [-0.2, 0) is 10.0 Å². The Morgan fingerprint density at radius 3 is 2.54 bits per heavy atom. The second-order valence-corrected chi connectivity index (χ2v) is 6.52. The number of nitrogens with one attached hydrogen (secondary N) is 2. The fraction of sp³-hybridized carbons (Fsp3) is 0.250. The molecule has 0 aliphatic carbocycles. The van der Waals surface area contributed by atoms with Crippen LogP contribution in [0.25, 0.3) is 0 Å². The van der Waals surface area contributed by atoms with Gasteiger partial charge in [0.05, 0.1) is 20.8 Å². The first-order valence-electron chi connectivity index (χ1n) is 7.55. The topological polar surface area (TPSA) is 116 Å². The molecule has 0 unspecified atom stereocenters. The number of amides is 2. The quantitative estimate of drug-likeness (QED) is 0.753. The molecule has 2 N–H and O–H groups in total. The van der Waals surface area contributed by atoms with E-state index in [1.165, 1.54) is 44.6 Å². The summed E-state index contributed by atoms with van der Waals surface area (Å²) in [6, 6.07) is 7.96. The van der Waals surface area contributed by atoms with Crippen molar-refractivity contribution in [3.05, 3.63) is 36.4 Å².